The molecule has 1 radical (unpaired) electrons. The molecule has 0 aliphatic carbocycles. The molecule has 0 fully saturated rings. The van der Waals surface area contributed by atoms with Crippen molar-refractivity contribution in [1.82, 2.24) is 0 Å². The fourth-order valence-corrected chi connectivity index (χ4v) is 3.99. The maximum atomic E-state index is 5.58. The predicted molar refractivity (Wildman–Crippen MR) is 36.9 cm³/mol. The average Bonchev–Trinajstić information content (AvgIpc) is 1.69. The molecule has 0 saturated heterocycles. The third-order valence-electron chi connectivity index (χ3n) is 0.833. The molecule has 41 valence electrons. The van der Waals surface area contributed by atoms with E-state index in [1.807, 2.05) is 10.2 Å². The van der Waals surface area contributed by atoms with E-state index in [-0.39, 0.29) is 0 Å². The summed E-state index contributed by atoms with van der Waals surface area (Å²) >= 11 is 0.692. The summed E-state index contributed by atoms with van der Waals surface area (Å²) in [5.74, 6) is 1.28. The molecule has 0 aromatic carbocycles. The summed E-state index contributed by atoms with van der Waals surface area (Å²) in [5, 5.41) is 0. The van der Waals surface area contributed by atoms with Gasteiger partial charge in [0, 0.05) is 0 Å². The van der Waals surface area contributed by atoms with Gasteiger partial charge in [-0.1, -0.05) is 0 Å². The normalized spacial score (nSPS) is 30.7. The Morgan fingerprint density at radius 3 is 3.00 bits per heavy atom. The molecule has 1 rings (SSSR count). The summed E-state index contributed by atoms with van der Waals surface area (Å²) in [4.78, 5) is 2.24. The topological polar surface area (TPSA) is 26.0 Å². The summed E-state index contributed by atoms with van der Waals surface area (Å²) in [6.45, 7) is 0. The van der Waals surface area contributed by atoms with E-state index in [0.29, 0.717) is 19.4 Å². The van der Waals surface area contributed by atoms with E-state index >= 15 is 0 Å². The van der Waals surface area contributed by atoms with Gasteiger partial charge in [0.05, 0.1) is 0 Å². The van der Waals surface area contributed by atoms with Crippen LogP contribution < -0.4 is 5.73 Å². The van der Waals surface area contributed by atoms with Crippen molar-refractivity contribution in [2.45, 2.75) is 12.5 Å². The molecule has 1 unspecified atom stereocenters. The van der Waals surface area contributed by atoms with Crippen LogP contribution in [-0.4, -0.2) is 30.1 Å². The molecule has 0 aromatic rings. The molecule has 1 aliphatic rings. The zero-order valence-electron chi connectivity index (χ0n) is 3.96. The minimum absolute atomic E-state index is 0.418. The summed E-state index contributed by atoms with van der Waals surface area (Å²) in [5.41, 5.74) is 5.58. The van der Waals surface area contributed by atoms with Gasteiger partial charge in [0.15, 0.2) is 0 Å². The van der Waals surface area contributed by atoms with Crippen molar-refractivity contribution in [3.63, 3.8) is 0 Å². The van der Waals surface area contributed by atoms with Crippen LogP contribution in [0, 0.1) is 0 Å². The van der Waals surface area contributed by atoms with Crippen LogP contribution in [0.15, 0.2) is 0 Å². The van der Waals surface area contributed by atoms with Crippen molar-refractivity contribution in [2.75, 3.05) is 5.75 Å². The van der Waals surface area contributed by atoms with Crippen molar-refractivity contribution in [1.29, 1.82) is 0 Å². The zero-order valence-corrected chi connectivity index (χ0v) is 6.49. The van der Waals surface area contributed by atoms with Crippen LogP contribution in [0.5, 0.6) is 0 Å². The predicted octanol–water partition coefficient (Wildman–Crippen LogP) is -0.128. The van der Waals surface area contributed by atoms with Gasteiger partial charge in [-0.2, -0.15) is 0 Å². The zero-order chi connectivity index (χ0) is 5.11. The third kappa shape index (κ3) is 1.96. The monoisotopic (exact) mass is 182 g/mol. The summed E-state index contributed by atoms with van der Waals surface area (Å²) in [6, 6.07) is 0.418. The molecule has 1 nitrogen and oxygen atoms in total. The Morgan fingerprint density at radius 1 is 1.86 bits per heavy atom. The number of nitrogens with two attached hydrogens (primary N) is 1. The van der Waals surface area contributed by atoms with Gasteiger partial charge in [0.2, 0.25) is 0 Å². The van der Waals surface area contributed by atoms with Crippen molar-refractivity contribution in [2.24, 2.45) is 5.73 Å². The van der Waals surface area contributed by atoms with Crippen molar-refractivity contribution in [3.8, 4) is 0 Å². The summed E-state index contributed by atoms with van der Waals surface area (Å²) < 4.78 is 0. The standard InChI is InChI=1S/C4H8NSSe/c5-4-1-2-6-7-3-4/h3-4H,1-2,5H2. The van der Waals surface area contributed by atoms with E-state index in [4.69, 9.17) is 5.73 Å². The van der Waals surface area contributed by atoms with Crippen LogP contribution in [0.4, 0.5) is 0 Å². The van der Waals surface area contributed by atoms with Gasteiger partial charge in [-0.15, -0.1) is 0 Å². The van der Waals surface area contributed by atoms with Crippen LogP contribution >= 0.6 is 10.2 Å². The Morgan fingerprint density at radius 2 is 2.71 bits per heavy atom. The van der Waals surface area contributed by atoms with Crippen LogP contribution in [0.3, 0.4) is 0 Å². The molecule has 2 N–H and O–H groups in total. The maximum absolute atomic E-state index is 5.58. The van der Waals surface area contributed by atoms with Gasteiger partial charge in [0.1, 0.15) is 0 Å². The Hall–Kier alpha value is 0.699. The van der Waals surface area contributed by atoms with E-state index in [0.717, 1.165) is 0 Å². The molecule has 0 bridgehead atoms. The average molecular weight is 181 g/mol. The van der Waals surface area contributed by atoms with Crippen molar-refractivity contribution >= 4 is 28.5 Å². The first-order valence-corrected chi connectivity index (χ1v) is 6.26. The van der Waals surface area contributed by atoms with Gasteiger partial charge in [-0.3, -0.25) is 0 Å². The Bertz CT molecular complexity index is 83.8. The second kappa shape index (κ2) is 2.88. The van der Waals surface area contributed by atoms with Crippen LogP contribution in [0.2, 0.25) is 0 Å². The number of hydrogen-bond acceptors (Lipinski definition) is 2. The molecule has 1 heterocycles. The third-order valence-corrected chi connectivity index (χ3v) is 4.82. The summed E-state index contributed by atoms with van der Waals surface area (Å²) in [7, 11) is 2.03. The van der Waals surface area contributed by atoms with Gasteiger partial charge in [-0.05, 0) is 0 Å². The van der Waals surface area contributed by atoms with Gasteiger partial charge >= 0.3 is 52.4 Å². The molecule has 0 spiro atoms. The van der Waals surface area contributed by atoms with Gasteiger partial charge < -0.3 is 0 Å². The summed E-state index contributed by atoms with van der Waals surface area (Å²) in [6.07, 6.45) is 1.19. The second-order valence-electron chi connectivity index (χ2n) is 1.51. The molecule has 0 aromatic heterocycles. The Labute approximate surface area is 52.8 Å². The van der Waals surface area contributed by atoms with Gasteiger partial charge in [0.25, 0.3) is 0 Å². The Balaban J connectivity index is 2.36. The molecule has 3 heteroatoms. The van der Waals surface area contributed by atoms with Crippen LogP contribution in [0.1, 0.15) is 6.42 Å². The number of hydrogen-bond donors (Lipinski definition) is 1. The van der Waals surface area contributed by atoms with Crippen molar-refractivity contribution < 1.29 is 0 Å². The molecule has 0 saturated carbocycles. The van der Waals surface area contributed by atoms with E-state index in [2.05, 4.69) is 4.92 Å². The molecule has 1 aliphatic heterocycles. The van der Waals surface area contributed by atoms with E-state index < -0.39 is 0 Å². The van der Waals surface area contributed by atoms with Crippen molar-refractivity contribution in [3.05, 3.63) is 0 Å². The SMILES string of the molecule is NC1C=[Se]SCC1. The fraction of sp³-hybridized carbons (Fsp3) is 0.750. The minimum atomic E-state index is 0.418. The number of rotatable bonds is 0. The first kappa shape index (κ1) is 5.83. The first-order chi connectivity index (χ1) is 3.39. The van der Waals surface area contributed by atoms with E-state index in [1.54, 1.807) is 0 Å². The molecule has 7 heavy (non-hydrogen) atoms. The van der Waals surface area contributed by atoms with E-state index in [1.165, 1.54) is 12.2 Å². The van der Waals surface area contributed by atoms with Crippen LogP contribution in [0.25, 0.3) is 0 Å². The first-order valence-electron chi connectivity index (χ1n) is 2.27. The van der Waals surface area contributed by atoms with Gasteiger partial charge in [-0.25, -0.2) is 0 Å². The van der Waals surface area contributed by atoms with E-state index in [9.17, 15) is 0 Å². The molecular formula is C4H8NSSe. The molecule has 0 amide bonds. The quantitative estimate of drug-likeness (QED) is 0.527. The molecular weight excluding hydrogens is 173 g/mol. The van der Waals surface area contributed by atoms with Crippen LogP contribution in [-0.2, 0) is 0 Å². The Kier molecular flexibility index (Phi) is 2.39. The fourth-order valence-electron chi connectivity index (χ4n) is 0.411. The second-order valence-corrected chi connectivity index (χ2v) is 5.61. The molecule has 1 atom stereocenters.